The predicted molar refractivity (Wildman–Crippen MR) is 91.6 cm³/mol. The summed E-state index contributed by atoms with van der Waals surface area (Å²) in [6, 6.07) is 0. The quantitative estimate of drug-likeness (QED) is 0.864. The largest absolute Gasteiger partial charge is 0.368 e. The minimum absolute atomic E-state index is 0.0586. The number of rotatable bonds is 3. The van der Waals surface area contributed by atoms with Crippen LogP contribution in [0.4, 0.5) is 0 Å². The van der Waals surface area contributed by atoms with Gasteiger partial charge in [0.2, 0.25) is 0 Å². The van der Waals surface area contributed by atoms with Crippen LogP contribution in [0.5, 0.6) is 0 Å². The molecule has 0 N–H and O–H groups in total. The lowest BCUT2D eigenvalue weighted by molar-refractivity contribution is -0.0334. The summed E-state index contributed by atoms with van der Waals surface area (Å²) in [6.07, 6.45) is 3.74. The summed E-state index contributed by atoms with van der Waals surface area (Å²) >= 11 is 1.70. The molecule has 0 unspecified atom stereocenters. The zero-order valence-corrected chi connectivity index (χ0v) is 15.1. The van der Waals surface area contributed by atoms with Crippen LogP contribution in [0, 0.1) is 6.92 Å². The average molecular weight is 332 g/mol. The van der Waals surface area contributed by atoms with Gasteiger partial charge in [0.25, 0.3) is 0 Å². The van der Waals surface area contributed by atoms with Gasteiger partial charge in [-0.1, -0.05) is 20.8 Å². The molecule has 0 aliphatic carbocycles. The molecule has 5 nitrogen and oxygen atoms in total. The summed E-state index contributed by atoms with van der Waals surface area (Å²) < 4.78 is 5.95. The van der Waals surface area contributed by atoms with E-state index in [9.17, 15) is 0 Å². The number of nitrogens with zero attached hydrogens (tertiary/aromatic N) is 4. The van der Waals surface area contributed by atoms with Crippen molar-refractivity contribution >= 4 is 11.3 Å². The van der Waals surface area contributed by atoms with Gasteiger partial charge in [0, 0.05) is 42.8 Å². The topological polar surface area (TPSA) is 51.1 Å². The Morgan fingerprint density at radius 1 is 1.30 bits per heavy atom. The van der Waals surface area contributed by atoms with Crippen molar-refractivity contribution < 1.29 is 4.74 Å². The first-order chi connectivity index (χ1) is 10.9. The van der Waals surface area contributed by atoms with Crippen LogP contribution in [0.3, 0.4) is 0 Å². The van der Waals surface area contributed by atoms with Crippen molar-refractivity contribution in [2.75, 3.05) is 19.7 Å². The summed E-state index contributed by atoms with van der Waals surface area (Å²) in [5, 5.41) is 3.23. The first-order valence-electron chi connectivity index (χ1n) is 7.99. The molecule has 1 saturated heterocycles. The second-order valence-corrected chi connectivity index (χ2v) is 7.95. The van der Waals surface area contributed by atoms with Crippen LogP contribution < -0.4 is 0 Å². The van der Waals surface area contributed by atoms with Crippen LogP contribution in [-0.2, 0) is 16.7 Å². The van der Waals surface area contributed by atoms with E-state index >= 15 is 0 Å². The van der Waals surface area contributed by atoms with Gasteiger partial charge in [-0.25, -0.2) is 4.98 Å². The highest BCUT2D eigenvalue weighted by molar-refractivity contribution is 7.09. The summed E-state index contributed by atoms with van der Waals surface area (Å²) in [4.78, 5) is 15.9. The Morgan fingerprint density at radius 3 is 2.78 bits per heavy atom. The van der Waals surface area contributed by atoms with E-state index in [4.69, 9.17) is 9.72 Å². The van der Waals surface area contributed by atoms with Crippen LogP contribution in [0.15, 0.2) is 17.8 Å². The van der Waals surface area contributed by atoms with Crippen molar-refractivity contribution in [1.82, 2.24) is 19.9 Å². The summed E-state index contributed by atoms with van der Waals surface area (Å²) in [6.45, 7) is 11.8. The highest BCUT2D eigenvalue weighted by Crippen LogP contribution is 2.30. The Bertz CT molecular complexity index is 647. The van der Waals surface area contributed by atoms with Crippen molar-refractivity contribution in [1.29, 1.82) is 0 Å². The summed E-state index contributed by atoms with van der Waals surface area (Å²) in [5.74, 6) is 0. The van der Waals surface area contributed by atoms with Gasteiger partial charge in [-0.15, -0.1) is 11.3 Å². The maximum absolute atomic E-state index is 5.95. The fourth-order valence-corrected chi connectivity index (χ4v) is 3.59. The van der Waals surface area contributed by atoms with Gasteiger partial charge >= 0.3 is 0 Å². The zero-order valence-electron chi connectivity index (χ0n) is 14.2. The monoisotopic (exact) mass is 332 g/mol. The molecule has 1 atom stereocenters. The second kappa shape index (κ2) is 6.63. The van der Waals surface area contributed by atoms with Crippen molar-refractivity contribution in [3.63, 3.8) is 0 Å². The van der Waals surface area contributed by atoms with E-state index in [-0.39, 0.29) is 11.5 Å². The lowest BCUT2D eigenvalue weighted by atomic mass is 9.93. The normalized spacial score (nSPS) is 19.9. The van der Waals surface area contributed by atoms with E-state index in [1.807, 2.05) is 19.3 Å². The van der Waals surface area contributed by atoms with Crippen LogP contribution in [-0.4, -0.2) is 39.5 Å². The summed E-state index contributed by atoms with van der Waals surface area (Å²) in [5.41, 5.74) is 3.18. The van der Waals surface area contributed by atoms with Gasteiger partial charge in [0.05, 0.1) is 23.7 Å². The number of hydrogen-bond donors (Lipinski definition) is 0. The Hall–Kier alpha value is -1.37. The molecule has 124 valence electrons. The fourth-order valence-electron chi connectivity index (χ4n) is 2.51. The van der Waals surface area contributed by atoms with Gasteiger partial charge in [0.15, 0.2) is 0 Å². The Balaban J connectivity index is 1.66. The van der Waals surface area contributed by atoms with Crippen LogP contribution in [0.1, 0.15) is 49.0 Å². The smallest absolute Gasteiger partial charge is 0.123 e. The molecule has 23 heavy (non-hydrogen) atoms. The molecular formula is C17H24N4OS. The van der Waals surface area contributed by atoms with Crippen LogP contribution >= 0.6 is 11.3 Å². The van der Waals surface area contributed by atoms with E-state index in [1.54, 1.807) is 11.3 Å². The number of thiazole rings is 1. The molecule has 1 fully saturated rings. The molecule has 3 heterocycles. The third-order valence-corrected chi connectivity index (χ3v) is 4.87. The lowest BCUT2D eigenvalue weighted by Crippen LogP contribution is -2.38. The highest BCUT2D eigenvalue weighted by atomic mass is 32.1. The van der Waals surface area contributed by atoms with Crippen molar-refractivity contribution in [3.05, 3.63) is 39.9 Å². The molecule has 2 aromatic rings. The lowest BCUT2D eigenvalue weighted by Gasteiger charge is -2.31. The highest BCUT2D eigenvalue weighted by Gasteiger charge is 2.26. The molecule has 0 amide bonds. The molecule has 0 saturated carbocycles. The Kier molecular flexibility index (Phi) is 4.75. The molecule has 2 aromatic heterocycles. The minimum Gasteiger partial charge on any atom is -0.368 e. The van der Waals surface area contributed by atoms with E-state index in [0.717, 1.165) is 48.3 Å². The van der Waals surface area contributed by atoms with Gasteiger partial charge < -0.3 is 4.74 Å². The third kappa shape index (κ3) is 4.13. The second-order valence-electron chi connectivity index (χ2n) is 7.06. The van der Waals surface area contributed by atoms with Crippen LogP contribution in [0.25, 0.3) is 0 Å². The minimum atomic E-state index is 0.0586. The molecule has 0 bridgehead atoms. The van der Waals surface area contributed by atoms with E-state index in [0.29, 0.717) is 0 Å². The fraction of sp³-hybridized carbons (Fsp3) is 0.588. The standard InChI is InChI=1S/C17H24N4OS/c1-12-7-19-13(8-18-12)9-21-5-6-22-14(10-21)16-20-15(11-23-16)17(2,3)4/h7-8,11,14H,5-6,9-10H2,1-4H3/t14-/m1/s1. The van der Waals surface area contributed by atoms with Gasteiger partial charge in [-0.05, 0) is 6.92 Å². The maximum atomic E-state index is 5.95. The average Bonchev–Trinajstić information content (AvgIpc) is 3.00. The molecule has 3 rings (SSSR count). The van der Waals surface area contributed by atoms with E-state index in [2.05, 4.69) is 41.0 Å². The first kappa shape index (κ1) is 16.5. The molecule has 0 radical (unpaired) electrons. The molecular weight excluding hydrogens is 308 g/mol. The predicted octanol–water partition coefficient (Wildman–Crippen LogP) is 3.11. The molecule has 1 aliphatic heterocycles. The van der Waals surface area contributed by atoms with Gasteiger partial charge in [0.1, 0.15) is 11.1 Å². The van der Waals surface area contributed by atoms with Crippen LogP contribution in [0.2, 0.25) is 0 Å². The SMILES string of the molecule is Cc1cnc(CN2CCO[C@@H](c3nc(C(C)(C)C)cs3)C2)cn1. The number of hydrogen-bond acceptors (Lipinski definition) is 6. The van der Waals surface area contributed by atoms with Crippen molar-refractivity contribution in [2.24, 2.45) is 0 Å². The van der Waals surface area contributed by atoms with Gasteiger partial charge in [-0.3, -0.25) is 14.9 Å². The number of morpholine rings is 1. The van der Waals surface area contributed by atoms with E-state index < -0.39 is 0 Å². The molecule has 1 aliphatic rings. The van der Waals surface area contributed by atoms with E-state index in [1.165, 1.54) is 0 Å². The molecule has 0 spiro atoms. The molecule has 0 aromatic carbocycles. The molecule has 6 heteroatoms. The maximum Gasteiger partial charge on any atom is 0.123 e. The van der Waals surface area contributed by atoms with Crippen molar-refractivity contribution in [2.45, 2.75) is 45.8 Å². The third-order valence-electron chi connectivity index (χ3n) is 3.94. The Morgan fingerprint density at radius 2 is 2.13 bits per heavy atom. The van der Waals surface area contributed by atoms with Crippen molar-refractivity contribution in [3.8, 4) is 0 Å². The van der Waals surface area contributed by atoms with Gasteiger partial charge in [-0.2, -0.15) is 0 Å². The number of aryl methyl sites for hydroxylation is 1. The Labute approximate surface area is 141 Å². The number of aromatic nitrogens is 3. The zero-order chi connectivity index (χ0) is 16.4. The summed E-state index contributed by atoms with van der Waals surface area (Å²) in [7, 11) is 0. The first-order valence-corrected chi connectivity index (χ1v) is 8.87. The number of ether oxygens (including phenoxy) is 1.